The van der Waals surface area contributed by atoms with Crippen LogP contribution in [-0.2, 0) is 17.8 Å². The van der Waals surface area contributed by atoms with E-state index in [1.165, 1.54) is 11.1 Å². The normalized spacial score (nSPS) is 25.2. The second-order valence-electron chi connectivity index (χ2n) is 8.02. The number of benzene rings is 1. The summed E-state index contributed by atoms with van der Waals surface area (Å²) in [4.78, 5) is 13.6. The van der Waals surface area contributed by atoms with Crippen LogP contribution >= 0.6 is 0 Å². The van der Waals surface area contributed by atoms with E-state index in [0.29, 0.717) is 6.04 Å². The minimum absolute atomic E-state index is 0.108. The summed E-state index contributed by atoms with van der Waals surface area (Å²) in [6.45, 7) is 7.72. The molecule has 1 heterocycles. The molecule has 2 aliphatic rings. The Bertz CT molecular complexity index is 577. The first-order valence-electron chi connectivity index (χ1n) is 9.24. The molecule has 0 aromatic heterocycles. The van der Waals surface area contributed by atoms with Gasteiger partial charge in [-0.1, -0.05) is 24.3 Å². The predicted molar refractivity (Wildman–Crippen MR) is 96.0 cm³/mol. The van der Waals surface area contributed by atoms with Gasteiger partial charge in [0.05, 0.1) is 5.92 Å². The van der Waals surface area contributed by atoms with Crippen molar-refractivity contribution in [3.05, 3.63) is 35.4 Å². The van der Waals surface area contributed by atoms with Gasteiger partial charge in [0.25, 0.3) is 0 Å². The number of rotatable bonds is 5. The highest BCUT2D eigenvalue weighted by Crippen LogP contribution is 2.27. The lowest BCUT2D eigenvalue weighted by atomic mass is 9.85. The fraction of sp³-hybridized carbons (Fsp3) is 0.650. The topological polar surface area (TPSA) is 52.6 Å². The van der Waals surface area contributed by atoms with Crippen molar-refractivity contribution in [2.45, 2.75) is 64.1 Å². The Labute approximate surface area is 145 Å². The molecule has 4 heteroatoms. The Kier molecular flexibility index (Phi) is 5.26. The molecule has 4 nitrogen and oxygen atoms in total. The molecule has 1 fully saturated rings. The summed E-state index contributed by atoms with van der Waals surface area (Å²) in [6, 6.07) is 9.23. The average Bonchev–Trinajstić information content (AvgIpc) is 2.60. The Morgan fingerprint density at radius 2 is 1.88 bits per heavy atom. The Morgan fingerprint density at radius 3 is 2.54 bits per heavy atom. The number of nitrogens with zero attached hydrogens (tertiary/aromatic N) is 1. The molecule has 1 aromatic rings. The molecule has 0 radical (unpaired) electrons. The quantitative estimate of drug-likeness (QED) is 0.871. The summed E-state index contributed by atoms with van der Waals surface area (Å²) < 4.78 is 0. The van der Waals surface area contributed by atoms with Gasteiger partial charge in [0, 0.05) is 31.2 Å². The third-order valence-corrected chi connectivity index (χ3v) is 5.89. The first-order chi connectivity index (χ1) is 11.5. The van der Waals surface area contributed by atoms with Crippen molar-refractivity contribution in [2.24, 2.45) is 5.92 Å². The minimum atomic E-state index is -0.624. The van der Waals surface area contributed by atoms with Crippen LogP contribution in [0, 0.1) is 5.92 Å². The van der Waals surface area contributed by atoms with Crippen molar-refractivity contribution >= 4 is 5.97 Å². The maximum Gasteiger partial charge on any atom is 0.306 e. The Morgan fingerprint density at radius 1 is 1.21 bits per heavy atom. The van der Waals surface area contributed by atoms with Gasteiger partial charge in [-0.15, -0.1) is 0 Å². The van der Waals surface area contributed by atoms with Gasteiger partial charge >= 0.3 is 5.97 Å². The monoisotopic (exact) mass is 330 g/mol. The van der Waals surface area contributed by atoms with E-state index in [2.05, 4.69) is 48.3 Å². The van der Waals surface area contributed by atoms with Gasteiger partial charge in [0.15, 0.2) is 0 Å². The molecular weight excluding hydrogens is 300 g/mol. The summed E-state index contributed by atoms with van der Waals surface area (Å²) in [5.74, 6) is -0.754. The molecule has 0 atom stereocenters. The largest absolute Gasteiger partial charge is 0.481 e. The second-order valence-corrected chi connectivity index (χ2v) is 8.02. The second kappa shape index (κ2) is 7.24. The van der Waals surface area contributed by atoms with Gasteiger partial charge in [-0.3, -0.25) is 9.69 Å². The average molecular weight is 330 g/mol. The van der Waals surface area contributed by atoms with Crippen LogP contribution in [0.15, 0.2) is 24.3 Å². The molecule has 0 amide bonds. The van der Waals surface area contributed by atoms with Crippen LogP contribution < -0.4 is 5.32 Å². The highest BCUT2D eigenvalue weighted by Gasteiger charge is 2.31. The number of nitrogens with one attached hydrogen (secondary N) is 1. The number of hydrogen-bond acceptors (Lipinski definition) is 3. The zero-order chi connectivity index (χ0) is 17.2. The van der Waals surface area contributed by atoms with Crippen molar-refractivity contribution in [1.29, 1.82) is 0 Å². The summed E-state index contributed by atoms with van der Waals surface area (Å²) in [5.41, 5.74) is 3.06. The number of hydrogen-bond donors (Lipinski definition) is 2. The van der Waals surface area contributed by atoms with E-state index in [4.69, 9.17) is 5.11 Å². The highest BCUT2D eigenvalue weighted by molar-refractivity contribution is 5.70. The molecule has 1 aromatic carbocycles. The Balaban J connectivity index is 1.51. The van der Waals surface area contributed by atoms with Crippen LogP contribution in [0.1, 0.15) is 50.7 Å². The van der Waals surface area contributed by atoms with Crippen LogP contribution in [0.3, 0.4) is 0 Å². The van der Waals surface area contributed by atoms with Crippen LogP contribution in [0.25, 0.3) is 0 Å². The van der Waals surface area contributed by atoms with E-state index in [9.17, 15) is 4.79 Å². The number of carboxylic acid groups (broad SMARTS) is 1. The van der Waals surface area contributed by atoms with Crippen LogP contribution in [0.5, 0.6) is 0 Å². The van der Waals surface area contributed by atoms with E-state index in [1.807, 2.05) is 0 Å². The van der Waals surface area contributed by atoms with Crippen LogP contribution in [-0.4, -0.2) is 40.6 Å². The molecule has 0 spiro atoms. The van der Waals surface area contributed by atoms with Gasteiger partial charge in [-0.05, 0) is 57.1 Å². The van der Waals surface area contributed by atoms with Gasteiger partial charge in [-0.25, -0.2) is 0 Å². The number of aliphatic carboxylic acids is 1. The van der Waals surface area contributed by atoms with Crippen molar-refractivity contribution in [3.63, 3.8) is 0 Å². The van der Waals surface area contributed by atoms with Gasteiger partial charge in [0.1, 0.15) is 0 Å². The smallest absolute Gasteiger partial charge is 0.306 e. The van der Waals surface area contributed by atoms with Crippen molar-refractivity contribution in [1.82, 2.24) is 10.2 Å². The number of fused-ring (bicyclic) bond motifs is 1. The molecule has 24 heavy (non-hydrogen) atoms. The first kappa shape index (κ1) is 17.4. The lowest BCUT2D eigenvalue weighted by Gasteiger charge is -2.43. The number of carbonyl (C=O) groups is 1. The van der Waals surface area contributed by atoms with Crippen LogP contribution in [0.2, 0.25) is 0 Å². The van der Waals surface area contributed by atoms with Crippen molar-refractivity contribution < 1.29 is 9.90 Å². The molecule has 3 rings (SSSR count). The fourth-order valence-corrected chi connectivity index (χ4v) is 4.06. The zero-order valence-corrected chi connectivity index (χ0v) is 14.9. The molecular formula is C20H30N2O2. The van der Waals surface area contributed by atoms with Crippen molar-refractivity contribution in [3.8, 4) is 0 Å². The summed E-state index contributed by atoms with van der Waals surface area (Å²) in [6.07, 6.45) is 4.71. The molecule has 1 aliphatic heterocycles. The minimum Gasteiger partial charge on any atom is -0.481 e. The lowest BCUT2D eigenvalue weighted by molar-refractivity contribution is -0.142. The highest BCUT2D eigenvalue weighted by atomic mass is 16.4. The van der Waals surface area contributed by atoms with E-state index in [-0.39, 0.29) is 11.5 Å². The third-order valence-electron chi connectivity index (χ3n) is 5.89. The SMILES string of the molecule is CC(C)(CNC1CCC(C(=O)O)CC1)N1CCc2ccccc2C1. The van der Waals surface area contributed by atoms with Crippen molar-refractivity contribution in [2.75, 3.05) is 13.1 Å². The molecule has 0 unspecified atom stereocenters. The summed E-state index contributed by atoms with van der Waals surface area (Å²) in [5, 5.41) is 12.8. The number of carboxylic acids is 1. The van der Waals surface area contributed by atoms with E-state index in [0.717, 1.165) is 51.7 Å². The zero-order valence-electron chi connectivity index (χ0n) is 14.9. The van der Waals surface area contributed by atoms with Gasteiger partial charge in [0.2, 0.25) is 0 Å². The van der Waals surface area contributed by atoms with Gasteiger partial charge < -0.3 is 10.4 Å². The molecule has 1 aliphatic carbocycles. The fourth-order valence-electron chi connectivity index (χ4n) is 4.06. The molecule has 132 valence electrons. The standard InChI is InChI=1S/C20H30N2O2/c1-20(2,14-21-18-9-7-16(8-10-18)19(23)24)22-12-11-15-5-3-4-6-17(15)13-22/h3-6,16,18,21H,7-14H2,1-2H3,(H,23,24). The molecule has 0 bridgehead atoms. The van der Waals surface area contributed by atoms with Crippen LogP contribution in [0.4, 0.5) is 0 Å². The predicted octanol–water partition coefficient (Wildman–Crippen LogP) is 3.06. The molecule has 1 saturated carbocycles. The lowest BCUT2D eigenvalue weighted by Crippen LogP contribution is -2.54. The molecule has 0 saturated heterocycles. The van der Waals surface area contributed by atoms with E-state index in [1.54, 1.807) is 0 Å². The van der Waals surface area contributed by atoms with E-state index >= 15 is 0 Å². The maximum absolute atomic E-state index is 11.1. The van der Waals surface area contributed by atoms with E-state index < -0.39 is 5.97 Å². The maximum atomic E-state index is 11.1. The third kappa shape index (κ3) is 3.98. The van der Waals surface area contributed by atoms with Gasteiger partial charge in [-0.2, -0.15) is 0 Å². The first-order valence-corrected chi connectivity index (χ1v) is 9.24. The summed E-state index contributed by atoms with van der Waals surface area (Å²) >= 11 is 0. The Hall–Kier alpha value is -1.39. The summed E-state index contributed by atoms with van der Waals surface area (Å²) in [7, 11) is 0. The molecule has 2 N–H and O–H groups in total.